The van der Waals surface area contributed by atoms with Gasteiger partial charge in [-0.15, -0.1) is 0 Å². The van der Waals surface area contributed by atoms with E-state index in [-0.39, 0.29) is 5.91 Å². The fourth-order valence-electron chi connectivity index (χ4n) is 1.71. The van der Waals surface area contributed by atoms with Crippen molar-refractivity contribution in [3.8, 4) is 11.4 Å². The number of benzene rings is 1. The zero-order chi connectivity index (χ0) is 13.7. The fourth-order valence-corrected chi connectivity index (χ4v) is 1.71. The first-order valence-corrected chi connectivity index (χ1v) is 6.35. The van der Waals surface area contributed by atoms with Crippen molar-refractivity contribution < 1.29 is 9.32 Å². The molecule has 1 amide bonds. The predicted molar refractivity (Wildman–Crippen MR) is 71.5 cm³/mol. The van der Waals surface area contributed by atoms with Gasteiger partial charge in [0, 0.05) is 25.5 Å². The van der Waals surface area contributed by atoms with Crippen LogP contribution in [0.3, 0.4) is 0 Å². The summed E-state index contributed by atoms with van der Waals surface area (Å²) in [6.45, 7) is 2.11. The van der Waals surface area contributed by atoms with E-state index in [1.165, 1.54) is 5.56 Å². The molecule has 5 heteroatoms. The number of aryl methyl sites for hydroxylation is 2. The number of carbonyl (C=O) groups excluding carboxylic acids is 1. The summed E-state index contributed by atoms with van der Waals surface area (Å²) < 4.78 is 5.13. The first-order valence-electron chi connectivity index (χ1n) is 6.35. The average molecular weight is 259 g/mol. The number of nitrogens with one attached hydrogen (secondary N) is 1. The highest BCUT2D eigenvalue weighted by molar-refractivity contribution is 5.75. The Bertz CT molecular complexity index is 546. The van der Waals surface area contributed by atoms with Crippen molar-refractivity contribution in [1.29, 1.82) is 0 Å². The van der Waals surface area contributed by atoms with Crippen LogP contribution in [0.5, 0.6) is 0 Å². The first-order chi connectivity index (χ1) is 9.22. The van der Waals surface area contributed by atoms with Gasteiger partial charge in [-0.1, -0.05) is 36.3 Å². The second-order valence-corrected chi connectivity index (χ2v) is 4.24. The van der Waals surface area contributed by atoms with Gasteiger partial charge < -0.3 is 9.84 Å². The molecule has 0 aliphatic heterocycles. The Morgan fingerprint density at radius 3 is 2.68 bits per heavy atom. The SMILES string of the molecule is CCc1ccc(-c2noc(CCC(=O)NC)n2)cc1. The van der Waals surface area contributed by atoms with Crippen LogP contribution in [0.4, 0.5) is 0 Å². The third kappa shape index (κ3) is 3.40. The Hall–Kier alpha value is -2.17. The quantitative estimate of drug-likeness (QED) is 0.891. The van der Waals surface area contributed by atoms with Crippen LogP contribution in [-0.2, 0) is 17.6 Å². The summed E-state index contributed by atoms with van der Waals surface area (Å²) in [7, 11) is 1.61. The highest BCUT2D eigenvalue weighted by atomic mass is 16.5. The van der Waals surface area contributed by atoms with Crippen LogP contribution < -0.4 is 5.32 Å². The molecule has 2 aromatic rings. The molecule has 0 fully saturated rings. The maximum atomic E-state index is 11.1. The summed E-state index contributed by atoms with van der Waals surface area (Å²) in [6, 6.07) is 8.06. The van der Waals surface area contributed by atoms with Crippen molar-refractivity contribution in [2.45, 2.75) is 26.2 Å². The summed E-state index contributed by atoms with van der Waals surface area (Å²) in [5.74, 6) is 1.01. The lowest BCUT2D eigenvalue weighted by Crippen LogP contribution is -2.17. The maximum absolute atomic E-state index is 11.1. The van der Waals surface area contributed by atoms with Crippen LogP contribution in [-0.4, -0.2) is 23.1 Å². The van der Waals surface area contributed by atoms with Gasteiger partial charge >= 0.3 is 0 Å². The highest BCUT2D eigenvalue weighted by Gasteiger charge is 2.09. The molecule has 1 aromatic heterocycles. The van der Waals surface area contributed by atoms with Crippen LogP contribution in [0, 0.1) is 0 Å². The summed E-state index contributed by atoms with van der Waals surface area (Å²) in [4.78, 5) is 15.4. The van der Waals surface area contributed by atoms with Gasteiger partial charge in [0.15, 0.2) is 0 Å². The standard InChI is InChI=1S/C14H17N3O2/c1-3-10-4-6-11(7-5-10)14-16-13(19-17-14)9-8-12(18)15-2/h4-7H,3,8-9H2,1-2H3,(H,15,18). The van der Waals surface area contributed by atoms with Gasteiger partial charge in [0.2, 0.25) is 17.6 Å². The Morgan fingerprint density at radius 1 is 1.32 bits per heavy atom. The molecule has 1 N–H and O–H groups in total. The van der Waals surface area contributed by atoms with E-state index in [9.17, 15) is 4.79 Å². The van der Waals surface area contributed by atoms with Gasteiger partial charge in [0.1, 0.15) is 0 Å². The van der Waals surface area contributed by atoms with E-state index in [1.54, 1.807) is 7.05 Å². The number of hydrogen-bond acceptors (Lipinski definition) is 4. The summed E-state index contributed by atoms with van der Waals surface area (Å²) in [6.07, 6.45) is 1.82. The Kier molecular flexibility index (Phi) is 4.28. The number of amides is 1. The lowest BCUT2D eigenvalue weighted by atomic mass is 10.1. The van der Waals surface area contributed by atoms with E-state index in [0.717, 1.165) is 12.0 Å². The summed E-state index contributed by atoms with van der Waals surface area (Å²) >= 11 is 0. The minimum Gasteiger partial charge on any atom is -0.359 e. The van der Waals surface area contributed by atoms with Crippen LogP contribution in [0.15, 0.2) is 28.8 Å². The van der Waals surface area contributed by atoms with Gasteiger partial charge in [0.05, 0.1) is 0 Å². The Labute approximate surface area is 112 Å². The van der Waals surface area contributed by atoms with Crippen molar-refractivity contribution in [2.24, 2.45) is 0 Å². The first kappa shape index (κ1) is 13.3. The molecule has 0 unspecified atom stereocenters. The number of carbonyl (C=O) groups is 1. The molecule has 5 nitrogen and oxygen atoms in total. The van der Waals surface area contributed by atoms with Crippen LogP contribution in [0.25, 0.3) is 11.4 Å². The molecule has 1 aromatic carbocycles. The topological polar surface area (TPSA) is 68.0 Å². The van der Waals surface area contributed by atoms with Gasteiger partial charge in [-0.2, -0.15) is 4.98 Å². The Morgan fingerprint density at radius 2 is 2.05 bits per heavy atom. The molecule has 0 bridgehead atoms. The lowest BCUT2D eigenvalue weighted by molar-refractivity contribution is -0.120. The number of hydrogen-bond donors (Lipinski definition) is 1. The highest BCUT2D eigenvalue weighted by Crippen LogP contribution is 2.17. The molecule has 0 aliphatic carbocycles. The molecule has 1 heterocycles. The molecule has 100 valence electrons. The van der Waals surface area contributed by atoms with Crippen LogP contribution in [0.2, 0.25) is 0 Å². The largest absolute Gasteiger partial charge is 0.359 e. The normalized spacial score (nSPS) is 10.4. The third-order valence-electron chi connectivity index (χ3n) is 2.93. The van der Waals surface area contributed by atoms with E-state index in [2.05, 4.69) is 34.5 Å². The van der Waals surface area contributed by atoms with Gasteiger partial charge in [-0.05, 0) is 12.0 Å². The van der Waals surface area contributed by atoms with Crippen molar-refractivity contribution in [3.63, 3.8) is 0 Å². The minimum absolute atomic E-state index is 0.0351. The smallest absolute Gasteiger partial charge is 0.227 e. The van der Waals surface area contributed by atoms with Crippen LogP contribution in [0.1, 0.15) is 24.8 Å². The molecule has 0 radical (unpaired) electrons. The van der Waals surface area contributed by atoms with Crippen molar-refractivity contribution in [1.82, 2.24) is 15.5 Å². The average Bonchev–Trinajstić information content (AvgIpc) is 2.93. The second kappa shape index (κ2) is 6.13. The van der Waals surface area contributed by atoms with Gasteiger partial charge in [-0.25, -0.2) is 0 Å². The van der Waals surface area contributed by atoms with Gasteiger partial charge in [0.25, 0.3) is 0 Å². The van der Waals surface area contributed by atoms with E-state index in [0.29, 0.717) is 24.6 Å². The summed E-state index contributed by atoms with van der Waals surface area (Å²) in [5.41, 5.74) is 2.19. The van der Waals surface area contributed by atoms with Crippen molar-refractivity contribution >= 4 is 5.91 Å². The molecular formula is C14H17N3O2. The Balaban J connectivity index is 2.05. The zero-order valence-corrected chi connectivity index (χ0v) is 11.1. The van der Waals surface area contributed by atoms with Gasteiger partial charge in [-0.3, -0.25) is 4.79 Å². The maximum Gasteiger partial charge on any atom is 0.227 e. The van der Waals surface area contributed by atoms with Crippen LogP contribution >= 0.6 is 0 Å². The molecule has 0 atom stereocenters. The van der Waals surface area contributed by atoms with Crippen molar-refractivity contribution in [2.75, 3.05) is 7.05 Å². The summed E-state index contributed by atoms with van der Waals surface area (Å²) in [5, 5.41) is 6.49. The lowest BCUT2D eigenvalue weighted by Gasteiger charge is -1.97. The van der Waals surface area contributed by atoms with Crippen molar-refractivity contribution in [3.05, 3.63) is 35.7 Å². The van der Waals surface area contributed by atoms with E-state index in [1.807, 2.05) is 12.1 Å². The van der Waals surface area contributed by atoms with E-state index >= 15 is 0 Å². The molecule has 0 saturated heterocycles. The third-order valence-corrected chi connectivity index (χ3v) is 2.93. The van der Waals surface area contributed by atoms with E-state index in [4.69, 9.17) is 4.52 Å². The number of nitrogens with zero attached hydrogens (tertiary/aromatic N) is 2. The minimum atomic E-state index is -0.0351. The molecule has 0 spiro atoms. The second-order valence-electron chi connectivity index (χ2n) is 4.24. The molecule has 19 heavy (non-hydrogen) atoms. The predicted octanol–water partition coefficient (Wildman–Crippen LogP) is 1.98. The molecular weight excluding hydrogens is 242 g/mol. The molecule has 0 aliphatic rings. The number of aromatic nitrogens is 2. The number of rotatable bonds is 5. The zero-order valence-electron chi connectivity index (χ0n) is 11.1. The monoisotopic (exact) mass is 259 g/mol. The fraction of sp³-hybridized carbons (Fsp3) is 0.357. The van der Waals surface area contributed by atoms with E-state index < -0.39 is 0 Å². The molecule has 0 saturated carbocycles. The molecule has 2 rings (SSSR count).